The molecule has 88 valence electrons. The van der Waals surface area contributed by atoms with Crippen LogP contribution in [0.25, 0.3) is 0 Å². The highest BCUT2D eigenvalue weighted by atomic mass is 16.5. The van der Waals surface area contributed by atoms with Gasteiger partial charge in [0.05, 0.1) is 18.9 Å². The number of rotatable bonds is 6. The molecule has 0 unspecified atom stereocenters. The highest BCUT2D eigenvalue weighted by molar-refractivity contribution is 5.96. The van der Waals surface area contributed by atoms with E-state index < -0.39 is 0 Å². The first-order valence-corrected chi connectivity index (χ1v) is 5.16. The van der Waals surface area contributed by atoms with Crippen molar-refractivity contribution in [2.75, 3.05) is 20.3 Å². The molecule has 0 aliphatic carbocycles. The Balaban J connectivity index is 2.52. The third kappa shape index (κ3) is 3.51. The molecule has 0 aromatic carbocycles. The summed E-state index contributed by atoms with van der Waals surface area (Å²) in [5.41, 5.74) is 0.474. The van der Waals surface area contributed by atoms with Crippen LogP contribution in [-0.4, -0.2) is 36.3 Å². The van der Waals surface area contributed by atoms with Crippen LogP contribution in [0, 0.1) is 0 Å². The number of carbonyl (C=O) groups is 1. The van der Waals surface area contributed by atoms with Crippen molar-refractivity contribution in [2.24, 2.45) is 0 Å². The number of amides is 1. The molecule has 5 nitrogen and oxygen atoms in total. The number of nitrogens with one attached hydrogen (secondary N) is 1. The van der Waals surface area contributed by atoms with Gasteiger partial charge in [-0.2, -0.15) is 0 Å². The number of hydrogen-bond donors (Lipinski definition) is 2. The summed E-state index contributed by atoms with van der Waals surface area (Å²) < 4.78 is 5.03. The fourth-order valence-electron chi connectivity index (χ4n) is 1.26. The van der Waals surface area contributed by atoms with Gasteiger partial charge >= 0.3 is 0 Å². The van der Waals surface area contributed by atoms with E-state index in [1.165, 1.54) is 13.3 Å². The maximum absolute atomic E-state index is 11.7. The van der Waals surface area contributed by atoms with E-state index in [1.54, 1.807) is 12.3 Å². The quantitative estimate of drug-likeness (QED) is 0.694. The molecule has 16 heavy (non-hydrogen) atoms. The second kappa shape index (κ2) is 6.79. The number of methoxy groups -OCH3 is 1. The molecular formula is C11H16N2O3. The molecule has 1 heterocycles. The lowest BCUT2D eigenvalue weighted by atomic mass is 10.2. The van der Waals surface area contributed by atoms with Gasteiger partial charge in [0.15, 0.2) is 0 Å². The van der Waals surface area contributed by atoms with Crippen LogP contribution >= 0.6 is 0 Å². The Bertz CT molecular complexity index is 342. The molecule has 0 saturated heterocycles. The number of nitrogens with zero attached hydrogens (tertiary/aromatic N) is 1. The standard InChI is InChI=1S/C11H16N2O3/c1-16-10-8-12-6-4-9(10)11(15)13-5-2-3-7-14/h4,6,8,14H,2-3,5,7H2,1H3,(H,13,15). The Kier molecular flexibility index (Phi) is 5.28. The minimum Gasteiger partial charge on any atom is -0.494 e. The number of hydrogen-bond acceptors (Lipinski definition) is 4. The van der Waals surface area contributed by atoms with Gasteiger partial charge in [0.1, 0.15) is 5.75 Å². The Morgan fingerprint density at radius 1 is 1.56 bits per heavy atom. The SMILES string of the molecule is COc1cnccc1C(=O)NCCCCO. The second-order valence-electron chi connectivity index (χ2n) is 3.26. The lowest BCUT2D eigenvalue weighted by Gasteiger charge is -2.08. The van der Waals surface area contributed by atoms with Crippen LogP contribution in [0.3, 0.4) is 0 Å². The minimum absolute atomic E-state index is 0.147. The molecule has 5 heteroatoms. The van der Waals surface area contributed by atoms with Gasteiger partial charge in [0.25, 0.3) is 5.91 Å². The van der Waals surface area contributed by atoms with E-state index in [1.807, 2.05) is 0 Å². The zero-order chi connectivity index (χ0) is 11.8. The average molecular weight is 224 g/mol. The number of aliphatic hydroxyl groups excluding tert-OH is 1. The molecular weight excluding hydrogens is 208 g/mol. The Labute approximate surface area is 94.5 Å². The summed E-state index contributed by atoms with van der Waals surface area (Å²) in [6.07, 6.45) is 4.50. The Hall–Kier alpha value is -1.62. The molecule has 2 N–H and O–H groups in total. The molecule has 0 aliphatic heterocycles. The first kappa shape index (κ1) is 12.4. The van der Waals surface area contributed by atoms with Crippen molar-refractivity contribution in [2.45, 2.75) is 12.8 Å². The molecule has 0 aliphatic rings. The lowest BCUT2D eigenvalue weighted by Crippen LogP contribution is -2.25. The monoisotopic (exact) mass is 224 g/mol. The van der Waals surface area contributed by atoms with Crippen molar-refractivity contribution in [3.8, 4) is 5.75 Å². The van der Waals surface area contributed by atoms with Gasteiger partial charge in [-0.3, -0.25) is 9.78 Å². The molecule has 0 atom stereocenters. The molecule has 0 spiro atoms. The molecule has 0 bridgehead atoms. The van der Waals surface area contributed by atoms with Crippen molar-refractivity contribution in [3.63, 3.8) is 0 Å². The van der Waals surface area contributed by atoms with E-state index in [9.17, 15) is 4.79 Å². The summed E-state index contributed by atoms with van der Waals surface area (Å²) in [5.74, 6) is 0.277. The fraction of sp³-hybridized carbons (Fsp3) is 0.455. The molecule has 0 radical (unpaired) electrons. The van der Waals surface area contributed by atoms with Crippen LogP contribution in [0.1, 0.15) is 23.2 Å². The molecule has 1 amide bonds. The molecule has 0 saturated carbocycles. The van der Waals surface area contributed by atoms with Gasteiger partial charge in [-0.05, 0) is 18.9 Å². The van der Waals surface area contributed by atoms with Crippen LogP contribution in [-0.2, 0) is 0 Å². The molecule has 1 aromatic rings. The maximum atomic E-state index is 11.7. The largest absolute Gasteiger partial charge is 0.494 e. The number of unbranched alkanes of at least 4 members (excludes halogenated alkanes) is 1. The van der Waals surface area contributed by atoms with E-state index in [2.05, 4.69) is 10.3 Å². The summed E-state index contributed by atoms with van der Waals surface area (Å²) in [6.45, 7) is 0.694. The van der Waals surface area contributed by atoms with Crippen molar-refractivity contribution >= 4 is 5.91 Å². The first-order chi connectivity index (χ1) is 7.79. The van der Waals surface area contributed by atoms with E-state index >= 15 is 0 Å². The van der Waals surface area contributed by atoms with E-state index in [0.29, 0.717) is 24.3 Å². The second-order valence-corrected chi connectivity index (χ2v) is 3.26. The summed E-state index contributed by atoms with van der Waals surface area (Å²) in [7, 11) is 1.50. The van der Waals surface area contributed by atoms with Crippen LogP contribution in [0.2, 0.25) is 0 Å². The highest BCUT2D eigenvalue weighted by Crippen LogP contribution is 2.14. The van der Waals surface area contributed by atoms with Crippen LogP contribution in [0.15, 0.2) is 18.5 Å². The average Bonchev–Trinajstić information content (AvgIpc) is 2.34. The number of pyridine rings is 1. The van der Waals surface area contributed by atoms with Crippen molar-refractivity contribution < 1.29 is 14.6 Å². The Morgan fingerprint density at radius 3 is 3.06 bits per heavy atom. The van der Waals surface area contributed by atoms with Crippen molar-refractivity contribution in [3.05, 3.63) is 24.0 Å². The van der Waals surface area contributed by atoms with Crippen LogP contribution in [0.5, 0.6) is 5.75 Å². The van der Waals surface area contributed by atoms with Gasteiger partial charge in [0, 0.05) is 19.3 Å². The number of aliphatic hydroxyl groups is 1. The zero-order valence-electron chi connectivity index (χ0n) is 9.27. The minimum atomic E-state index is -0.183. The van der Waals surface area contributed by atoms with Crippen molar-refractivity contribution in [1.82, 2.24) is 10.3 Å². The zero-order valence-corrected chi connectivity index (χ0v) is 9.27. The number of ether oxygens (including phenoxy) is 1. The van der Waals surface area contributed by atoms with Gasteiger partial charge < -0.3 is 15.2 Å². The number of aromatic nitrogens is 1. The maximum Gasteiger partial charge on any atom is 0.255 e. The highest BCUT2D eigenvalue weighted by Gasteiger charge is 2.10. The normalized spacial score (nSPS) is 9.88. The smallest absolute Gasteiger partial charge is 0.255 e. The van der Waals surface area contributed by atoms with Gasteiger partial charge in [-0.25, -0.2) is 0 Å². The molecule has 0 fully saturated rings. The summed E-state index contributed by atoms with van der Waals surface area (Å²) in [5, 5.41) is 11.3. The van der Waals surface area contributed by atoms with Crippen LogP contribution < -0.4 is 10.1 Å². The third-order valence-electron chi connectivity index (χ3n) is 2.12. The third-order valence-corrected chi connectivity index (χ3v) is 2.12. The molecule has 1 rings (SSSR count). The lowest BCUT2D eigenvalue weighted by molar-refractivity contribution is 0.0949. The fourth-order valence-corrected chi connectivity index (χ4v) is 1.26. The first-order valence-electron chi connectivity index (χ1n) is 5.16. The van der Waals surface area contributed by atoms with Crippen LogP contribution in [0.4, 0.5) is 0 Å². The summed E-state index contributed by atoms with van der Waals surface area (Å²) >= 11 is 0. The summed E-state index contributed by atoms with van der Waals surface area (Å²) in [6, 6.07) is 1.61. The van der Waals surface area contributed by atoms with E-state index in [4.69, 9.17) is 9.84 Å². The van der Waals surface area contributed by atoms with Gasteiger partial charge in [-0.15, -0.1) is 0 Å². The van der Waals surface area contributed by atoms with Crippen molar-refractivity contribution in [1.29, 1.82) is 0 Å². The number of carbonyl (C=O) groups excluding carboxylic acids is 1. The summed E-state index contributed by atoms with van der Waals surface area (Å²) in [4.78, 5) is 15.6. The van der Waals surface area contributed by atoms with Gasteiger partial charge in [0.2, 0.25) is 0 Å². The predicted octanol–water partition coefficient (Wildman–Crippen LogP) is 0.592. The van der Waals surface area contributed by atoms with E-state index in [0.717, 1.165) is 6.42 Å². The predicted molar refractivity (Wildman–Crippen MR) is 59.4 cm³/mol. The van der Waals surface area contributed by atoms with E-state index in [-0.39, 0.29) is 12.5 Å². The topological polar surface area (TPSA) is 71.5 Å². The Morgan fingerprint density at radius 2 is 2.38 bits per heavy atom. The van der Waals surface area contributed by atoms with Gasteiger partial charge in [-0.1, -0.05) is 0 Å². The molecule has 1 aromatic heterocycles.